The summed E-state index contributed by atoms with van der Waals surface area (Å²) in [6, 6.07) is 10.5. The number of hydrogen-bond donors (Lipinski definition) is 1. The molecule has 0 aliphatic carbocycles. The van der Waals surface area contributed by atoms with Crippen molar-refractivity contribution in [1.82, 2.24) is 4.90 Å². The van der Waals surface area contributed by atoms with Crippen LogP contribution in [0.15, 0.2) is 51.5 Å². The number of furan rings is 2. The van der Waals surface area contributed by atoms with Crippen molar-refractivity contribution in [2.24, 2.45) is 5.92 Å². The molecule has 0 spiro atoms. The molecule has 6 nitrogen and oxygen atoms in total. The van der Waals surface area contributed by atoms with E-state index in [1.807, 2.05) is 18.2 Å². The van der Waals surface area contributed by atoms with Gasteiger partial charge in [-0.25, -0.2) is 0 Å². The fraction of sp³-hybridized carbons (Fsp3) is 0.300. The maximum Gasteiger partial charge on any atom is 0.291 e. The molecule has 2 aromatic heterocycles. The Morgan fingerprint density at radius 2 is 1.88 bits per heavy atom. The van der Waals surface area contributed by atoms with Crippen LogP contribution in [0.25, 0.3) is 11.0 Å². The first-order chi connectivity index (χ1) is 12.6. The van der Waals surface area contributed by atoms with Crippen molar-refractivity contribution in [2.75, 3.05) is 18.4 Å². The Labute approximate surface area is 150 Å². The third-order valence-electron chi connectivity index (χ3n) is 4.84. The number of para-hydroxylation sites is 1. The molecule has 0 atom stereocenters. The summed E-state index contributed by atoms with van der Waals surface area (Å²) in [5.74, 6) is 0.361. The van der Waals surface area contributed by atoms with Gasteiger partial charge in [0, 0.05) is 18.5 Å². The molecule has 134 valence electrons. The van der Waals surface area contributed by atoms with Crippen molar-refractivity contribution in [1.29, 1.82) is 0 Å². The topological polar surface area (TPSA) is 75.7 Å². The van der Waals surface area contributed by atoms with Gasteiger partial charge in [-0.2, -0.15) is 0 Å². The summed E-state index contributed by atoms with van der Waals surface area (Å²) in [7, 11) is 0. The zero-order valence-electron chi connectivity index (χ0n) is 14.5. The molecule has 4 rings (SSSR count). The second kappa shape index (κ2) is 6.71. The van der Waals surface area contributed by atoms with E-state index in [4.69, 9.17) is 8.83 Å². The van der Waals surface area contributed by atoms with Crippen LogP contribution in [0.3, 0.4) is 0 Å². The summed E-state index contributed by atoms with van der Waals surface area (Å²) < 4.78 is 11.0. The van der Waals surface area contributed by atoms with Crippen molar-refractivity contribution < 1.29 is 18.4 Å². The molecule has 0 saturated carbocycles. The lowest BCUT2D eigenvalue weighted by molar-refractivity contribution is 0.0669. The Morgan fingerprint density at radius 3 is 2.62 bits per heavy atom. The van der Waals surface area contributed by atoms with E-state index in [0.29, 0.717) is 35.7 Å². The van der Waals surface area contributed by atoms with Gasteiger partial charge in [-0.15, -0.1) is 0 Å². The van der Waals surface area contributed by atoms with Crippen LogP contribution in [0, 0.1) is 5.92 Å². The fourth-order valence-corrected chi connectivity index (χ4v) is 3.26. The molecule has 1 N–H and O–H groups in total. The van der Waals surface area contributed by atoms with E-state index in [1.54, 1.807) is 23.1 Å². The third-order valence-corrected chi connectivity index (χ3v) is 4.84. The van der Waals surface area contributed by atoms with Crippen molar-refractivity contribution in [3.8, 4) is 0 Å². The summed E-state index contributed by atoms with van der Waals surface area (Å²) in [4.78, 5) is 27.3. The smallest absolute Gasteiger partial charge is 0.291 e. The minimum atomic E-state index is -0.414. The monoisotopic (exact) mass is 352 g/mol. The highest BCUT2D eigenvalue weighted by Gasteiger charge is 2.29. The van der Waals surface area contributed by atoms with Crippen LogP contribution in [0.5, 0.6) is 0 Å². The van der Waals surface area contributed by atoms with Crippen LogP contribution in [-0.2, 0) is 0 Å². The fourth-order valence-electron chi connectivity index (χ4n) is 3.26. The lowest BCUT2D eigenvalue weighted by atomic mass is 9.99. The Bertz CT molecular complexity index is 934. The molecule has 1 aromatic carbocycles. The number of nitrogens with one attached hydrogen (secondary N) is 1. The van der Waals surface area contributed by atoms with Crippen LogP contribution >= 0.6 is 0 Å². The van der Waals surface area contributed by atoms with Gasteiger partial charge in [0.25, 0.3) is 11.8 Å². The first-order valence-electron chi connectivity index (χ1n) is 8.79. The maximum atomic E-state index is 13.0. The van der Waals surface area contributed by atoms with Gasteiger partial charge in [0.2, 0.25) is 5.76 Å². The largest absolute Gasteiger partial charge is 0.459 e. The van der Waals surface area contributed by atoms with Crippen molar-refractivity contribution in [3.63, 3.8) is 0 Å². The van der Waals surface area contributed by atoms with Crippen LogP contribution < -0.4 is 5.32 Å². The number of amides is 2. The Morgan fingerprint density at radius 1 is 1.12 bits per heavy atom. The lowest BCUT2D eigenvalue weighted by Gasteiger charge is -2.29. The number of fused-ring (bicyclic) bond motifs is 1. The van der Waals surface area contributed by atoms with E-state index in [2.05, 4.69) is 12.2 Å². The van der Waals surface area contributed by atoms with Gasteiger partial charge in [-0.3, -0.25) is 9.59 Å². The number of nitrogens with zero attached hydrogens (tertiary/aromatic N) is 1. The molecule has 1 saturated heterocycles. The van der Waals surface area contributed by atoms with Crippen molar-refractivity contribution >= 4 is 28.5 Å². The van der Waals surface area contributed by atoms with Gasteiger partial charge in [-0.05, 0) is 43.0 Å². The van der Waals surface area contributed by atoms with E-state index < -0.39 is 5.91 Å². The van der Waals surface area contributed by atoms with Gasteiger partial charge in [0.1, 0.15) is 11.3 Å². The standard InChI is InChI=1S/C20H20N2O4/c1-13-8-10-22(11-9-13)20(24)18-17(14-5-2-3-6-15(14)26-18)21-19(23)16-7-4-12-25-16/h2-7,12-13H,8-11H2,1H3,(H,21,23). The SMILES string of the molecule is CC1CCN(C(=O)c2oc3ccccc3c2NC(=O)c2ccco2)CC1. The number of anilines is 1. The molecule has 3 aromatic rings. The van der Waals surface area contributed by atoms with Crippen LogP contribution in [0.1, 0.15) is 40.9 Å². The van der Waals surface area contributed by atoms with E-state index in [0.717, 1.165) is 12.8 Å². The number of benzene rings is 1. The van der Waals surface area contributed by atoms with E-state index in [9.17, 15) is 9.59 Å². The second-order valence-corrected chi connectivity index (χ2v) is 6.71. The highest BCUT2D eigenvalue weighted by atomic mass is 16.4. The van der Waals surface area contributed by atoms with E-state index >= 15 is 0 Å². The minimum absolute atomic E-state index is 0.167. The van der Waals surface area contributed by atoms with E-state index in [1.165, 1.54) is 6.26 Å². The summed E-state index contributed by atoms with van der Waals surface area (Å²) in [5.41, 5.74) is 0.960. The van der Waals surface area contributed by atoms with Crippen LogP contribution in [0.2, 0.25) is 0 Å². The van der Waals surface area contributed by atoms with Gasteiger partial charge >= 0.3 is 0 Å². The average Bonchev–Trinajstić information content (AvgIpc) is 3.30. The Balaban J connectivity index is 1.69. The number of piperidine rings is 1. The van der Waals surface area contributed by atoms with Crippen molar-refractivity contribution in [3.05, 3.63) is 54.2 Å². The first-order valence-corrected chi connectivity index (χ1v) is 8.79. The normalized spacial score (nSPS) is 15.3. The van der Waals surface area contributed by atoms with Gasteiger partial charge in [-0.1, -0.05) is 19.1 Å². The molecule has 26 heavy (non-hydrogen) atoms. The molecule has 1 aliphatic rings. The molecule has 1 fully saturated rings. The quantitative estimate of drug-likeness (QED) is 0.768. The Kier molecular flexibility index (Phi) is 4.24. The van der Waals surface area contributed by atoms with Crippen LogP contribution in [-0.4, -0.2) is 29.8 Å². The zero-order chi connectivity index (χ0) is 18.1. The predicted octanol–water partition coefficient (Wildman–Crippen LogP) is 4.15. The molecule has 0 bridgehead atoms. The number of hydrogen-bond acceptors (Lipinski definition) is 4. The second-order valence-electron chi connectivity index (χ2n) is 6.71. The number of carbonyl (C=O) groups is 2. The summed E-state index contributed by atoms with van der Waals surface area (Å²) in [6.07, 6.45) is 3.38. The molecular formula is C20H20N2O4. The molecule has 3 heterocycles. The van der Waals surface area contributed by atoms with Crippen LogP contribution in [0.4, 0.5) is 5.69 Å². The number of likely N-dealkylation sites (tertiary alicyclic amines) is 1. The number of rotatable bonds is 3. The zero-order valence-corrected chi connectivity index (χ0v) is 14.5. The first kappa shape index (κ1) is 16.4. The molecule has 0 radical (unpaired) electrons. The highest BCUT2D eigenvalue weighted by Crippen LogP contribution is 2.33. The lowest BCUT2D eigenvalue weighted by Crippen LogP contribution is -2.38. The van der Waals surface area contributed by atoms with Gasteiger partial charge < -0.3 is 19.1 Å². The summed E-state index contributed by atoms with van der Waals surface area (Å²) >= 11 is 0. The maximum absolute atomic E-state index is 13.0. The Hall–Kier alpha value is -3.02. The van der Waals surface area contributed by atoms with Gasteiger partial charge in [0.05, 0.1) is 6.26 Å². The molecule has 2 amide bonds. The molecule has 0 unspecified atom stereocenters. The molecular weight excluding hydrogens is 332 g/mol. The number of carbonyl (C=O) groups excluding carboxylic acids is 2. The average molecular weight is 352 g/mol. The third kappa shape index (κ3) is 2.98. The van der Waals surface area contributed by atoms with E-state index in [-0.39, 0.29) is 17.4 Å². The van der Waals surface area contributed by atoms with Gasteiger partial charge in [0.15, 0.2) is 5.76 Å². The highest BCUT2D eigenvalue weighted by molar-refractivity contribution is 6.13. The van der Waals surface area contributed by atoms with Crippen molar-refractivity contribution in [2.45, 2.75) is 19.8 Å². The predicted molar refractivity (Wildman–Crippen MR) is 97.2 cm³/mol. The molecule has 1 aliphatic heterocycles. The minimum Gasteiger partial charge on any atom is -0.459 e. The summed E-state index contributed by atoms with van der Waals surface area (Å²) in [5, 5.41) is 3.49. The summed E-state index contributed by atoms with van der Waals surface area (Å²) in [6.45, 7) is 3.59. The molecule has 6 heteroatoms.